The molecule has 0 aliphatic carbocycles. The summed E-state index contributed by atoms with van der Waals surface area (Å²) in [6.45, 7) is 4.05. The maximum atomic E-state index is 11.0. The molecule has 0 bridgehead atoms. The standard InChI is InChI=1S/C14H19N3O3/c1-2-3-9-20-10-5-8-16-13-7-4-6-12(11-15)14(13)17(18)19/h4,6-7,16H,2-3,5,8-10H2,1H3. The number of nitriles is 1. The number of benzene rings is 1. The first-order valence-electron chi connectivity index (χ1n) is 6.69. The number of nitro groups is 1. The number of anilines is 1. The Labute approximate surface area is 118 Å². The molecule has 0 heterocycles. The predicted octanol–water partition coefficient (Wildman–Crippen LogP) is 3.09. The molecular formula is C14H19N3O3. The SMILES string of the molecule is CCCCOCCCNc1cccc(C#N)c1[N+](=O)[O-]. The van der Waals surface area contributed by atoms with Gasteiger partial charge in [-0.05, 0) is 25.0 Å². The van der Waals surface area contributed by atoms with Gasteiger partial charge in [0.1, 0.15) is 17.3 Å². The molecule has 0 spiro atoms. The van der Waals surface area contributed by atoms with Crippen LogP contribution in [0, 0.1) is 21.4 Å². The van der Waals surface area contributed by atoms with Crippen molar-refractivity contribution >= 4 is 11.4 Å². The molecule has 0 radical (unpaired) electrons. The molecule has 0 fully saturated rings. The summed E-state index contributed by atoms with van der Waals surface area (Å²) < 4.78 is 5.41. The maximum absolute atomic E-state index is 11.0. The highest BCUT2D eigenvalue weighted by atomic mass is 16.6. The van der Waals surface area contributed by atoms with Crippen molar-refractivity contribution in [1.82, 2.24) is 0 Å². The van der Waals surface area contributed by atoms with Crippen molar-refractivity contribution in [2.45, 2.75) is 26.2 Å². The topological polar surface area (TPSA) is 88.2 Å². The van der Waals surface area contributed by atoms with E-state index in [0.29, 0.717) is 18.8 Å². The molecule has 20 heavy (non-hydrogen) atoms. The van der Waals surface area contributed by atoms with Crippen molar-refractivity contribution < 1.29 is 9.66 Å². The molecule has 0 aliphatic heterocycles. The quantitative estimate of drug-likeness (QED) is 0.425. The van der Waals surface area contributed by atoms with Gasteiger partial charge in [0, 0.05) is 19.8 Å². The van der Waals surface area contributed by atoms with Crippen LogP contribution < -0.4 is 5.32 Å². The highest BCUT2D eigenvalue weighted by Crippen LogP contribution is 2.27. The third kappa shape index (κ3) is 4.86. The van der Waals surface area contributed by atoms with E-state index < -0.39 is 4.92 Å². The second-order valence-corrected chi connectivity index (χ2v) is 4.32. The van der Waals surface area contributed by atoms with Crippen LogP contribution in [0.15, 0.2) is 18.2 Å². The molecule has 1 N–H and O–H groups in total. The predicted molar refractivity (Wildman–Crippen MR) is 76.6 cm³/mol. The van der Waals surface area contributed by atoms with Crippen molar-refractivity contribution in [2.24, 2.45) is 0 Å². The zero-order chi connectivity index (χ0) is 14.8. The van der Waals surface area contributed by atoms with Gasteiger partial charge >= 0.3 is 5.69 Å². The van der Waals surface area contributed by atoms with Crippen molar-refractivity contribution in [2.75, 3.05) is 25.1 Å². The van der Waals surface area contributed by atoms with Crippen LogP contribution in [0.4, 0.5) is 11.4 Å². The van der Waals surface area contributed by atoms with Gasteiger partial charge in [-0.3, -0.25) is 10.1 Å². The molecule has 108 valence electrons. The molecule has 1 aromatic rings. The molecule has 1 rings (SSSR count). The lowest BCUT2D eigenvalue weighted by Crippen LogP contribution is -2.08. The minimum absolute atomic E-state index is 0.0687. The average Bonchev–Trinajstić information content (AvgIpc) is 2.45. The van der Waals surface area contributed by atoms with Crippen LogP contribution in [0.25, 0.3) is 0 Å². The zero-order valence-corrected chi connectivity index (χ0v) is 11.6. The second-order valence-electron chi connectivity index (χ2n) is 4.32. The Kier molecular flexibility index (Phi) is 7.07. The molecule has 1 aromatic carbocycles. The largest absolute Gasteiger partial charge is 0.381 e. The first-order chi connectivity index (χ1) is 9.70. The highest BCUT2D eigenvalue weighted by Gasteiger charge is 2.18. The number of nitro benzene ring substituents is 1. The van der Waals surface area contributed by atoms with Crippen LogP contribution >= 0.6 is 0 Å². The number of para-hydroxylation sites is 1. The van der Waals surface area contributed by atoms with Gasteiger partial charge in [0.15, 0.2) is 0 Å². The minimum atomic E-state index is -0.529. The molecule has 0 saturated heterocycles. The molecule has 6 heteroatoms. The smallest absolute Gasteiger partial charge is 0.309 e. The lowest BCUT2D eigenvalue weighted by molar-refractivity contribution is -0.384. The molecule has 0 saturated carbocycles. The summed E-state index contributed by atoms with van der Waals surface area (Å²) in [6, 6.07) is 6.52. The Morgan fingerprint density at radius 2 is 2.15 bits per heavy atom. The second kappa shape index (κ2) is 8.88. The van der Waals surface area contributed by atoms with Crippen LogP contribution in [0.3, 0.4) is 0 Å². The fourth-order valence-corrected chi connectivity index (χ4v) is 1.72. The van der Waals surface area contributed by atoms with Crippen molar-refractivity contribution in [3.8, 4) is 6.07 Å². The Morgan fingerprint density at radius 3 is 2.80 bits per heavy atom. The Balaban J connectivity index is 2.48. The van der Waals surface area contributed by atoms with E-state index in [0.717, 1.165) is 25.9 Å². The molecule has 0 atom stereocenters. The fourth-order valence-electron chi connectivity index (χ4n) is 1.72. The van der Waals surface area contributed by atoms with E-state index in [2.05, 4.69) is 12.2 Å². The Hall–Kier alpha value is -2.13. The third-order valence-electron chi connectivity index (χ3n) is 2.76. The van der Waals surface area contributed by atoms with Gasteiger partial charge in [0.05, 0.1) is 4.92 Å². The molecule has 6 nitrogen and oxygen atoms in total. The van der Waals surface area contributed by atoms with E-state index in [1.165, 1.54) is 6.07 Å². The minimum Gasteiger partial charge on any atom is -0.381 e. The monoisotopic (exact) mass is 277 g/mol. The summed E-state index contributed by atoms with van der Waals surface area (Å²) in [6.07, 6.45) is 2.91. The van der Waals surface area contributed by atoms with Gasteiger partial charge in [0.25, 0.3) is 0 Å². The highest BCUT2D eigenvalue weighted by molar-refractivity contribution is 5.68. The summed E-state index contributed by atoms with van der Waals surface area (Å²) >= 11 is 0. The zero-order valence-electron chi connectivity index (χ0n) is 11.6. The number of hydrogen-bond donors (Lipinski definition) is 1. The van der Waals surface area contributed by atoms with Crippen molar-refractivity contribution in [1.29, 1.82) is 5.26 Å². The van der Waals surface area contributed by atoms with Crippen LogP contribution in [0.1, 0.15) is 31.7 Å². The molecular weight excluding hydrogens is 258 g/mol. The lowest BCUT2D eigenvalue weighted by Gasteiger charge is -2.08. The van der Waals surface area contributed by atoms with Gasteiger partial charge in [-0.25, -0.2) is 0 Å². The Morgan fingerprint density at radius 1 is 1.40 bits per heavy atom. The maximum Gasteiger partial charge on any atom is 0.309 e. The first-order valence-corrected chi connectivity index (χ1v) is 6.69. The number of rotatable bonds is 9. The van der Waals surface area contributed by atoms with Gasteiger partial charge in [-0.1, -0.05) is 19.4 Å². The fraction of sp³-hybridized carbons (Fsp3) is 0.500. The third-order valence-corrected chi connectivity index (χ3v) is 2.76. The molecule has 0 unspecified atom stereocenters. The summed E-state index contributed by atoms with van der Waals surface area (Å²) in [5.41, 5.74) is 0.281. The van der Waals surface area contributed by atoms with E-state index in [-0.39, 0.29) is 11.3 Å². The number of hydrogen-bond acceptors (Lipinski definition) is 5. The molecule has 0 aliphatic rings. The van der Waals surface area contributed by atoms with Gasteiger partial charge < -0.3 is 10.1 Å². The lowest BCUT2D eigenvalue weighted by atomic mass is 10.1. The normalized spacial score (nSPS) is 10.0. The van der Waals surface area contributed by atoms with E-state index in [1.54, 1.807) is 12.1 Å². The van der Waals surface area contributed by atoms with E-state index in [1.807, 2.05) is 6.07 Å². The Bertz CT molecular complexity index is 483. The summed E-state index contributed by atoms with van der Waals surface area (Å²) in [5.74, 6) is 0. The summed E-state index contributed by atoms with van der Waals surface area (Å²) in [4.78, 5) is 10.5. The van der Waals surface area contributed by atoms with E-state index >= 15 is 0 Å². The van der Waals surface area contributed by atoms with Crippen molar-refractivity contribution in [3.05, 3.63) is 33.9 Å². The van der Waals surface area contributed by atoms with Crippen LogP contribution in [-0.4, -0.2) is 24.7 Å². The number of ether oxygens (including phenoxy) is 1. The average molecular weight is 277 g/mol. The van der Waals surface area contributed by atoms with Gasteiger partial charge in [-0.15, -0.1) is 0 Å². The summed E-state index contributed by atoms with van der Waals surface area (Å²) in [5, 5.41) is 22.9. The number of nitrogens with zero attached hydrogens (tertiary/aromatic N) is 2. The van der Waals surface area contributed by atoms with Crippen molar-refractivity contribution in [3.63, 3.8) is 0 Å². The van der Waals surface area contributed by atoms with Gasteiger partial charge in [-0.2, -0.15) is 5.26 Å². The molecule has 0 amide bonds. The van der Waals surface area contributed by atoms with E-state index in [4.69, 9.17) is 10.00 Å². The van der Waals surface area contributed by atoms with Gasteiger partial charge in [0.2, 0.25) is 0 Å². The van der Waals surface area contributed by atoms with Crippen LogP contribution in [0.5, 0.6) is 0 Å². The van der Waals surface area contributed by atoms with Crippen LogP contribution in [0.2, 0.25) is 0 Å². The van der Waals surface area contributed by atoms with Crippen LogP contribution in [-0.2, 0) is 4.74 Å². The number of nitrogens with one attached hydrogen (secondary N) is 1. The molecule has 0 aromatic heterocycles. The number of unbranched alkanes of at least 4 members (excludes halogenated alkanes) is 1. The van der Waals surface area contributed by atoms with E-state index in [9.17, 15) is 10.1 Å². The summed E-state index contributed by atoms with van der Waals surface area (Å²) in [7, 11) is 0. The first kappa shape index (κ1) is 15.9.